The van der Waals surface area contributed by atoms with Crippen LogP contribution in [0.2, 0.25) is 0 Å². The first-order valence-corrected chi connectivity index (χ1v) is 9.84. The number of nitrogens with zero attached hydrogens (tertiary/aromatic N) is 2. The van der Waals surface area contributed by atoms with E-state index in [-0.39, 0.29) is 5.91 Å². The molecule has 0 saturated carbocycles. The van der Waals surface area contributed by atoms with Crippen LogP contribution in [-0.4, -0.2) is 63.2 Å². The number of thiophene rings is 1. The summed E-state index contributed by atoms with van der Waals surface area (Å²) in [6.07, 6.45) is 0.501. The van der Waals surface area contributed by atoms with Crippen molar-refractivity contribution in [3.63, 3.8) is 0 Å². The molecule has 6 nitrogen and oxygen atoms in total. The zero-order valence-corrected chi connectivity index (χ0v) is 16.9. The Labute approximate surface area is 164 Å². The van der Waals surface area contributed by atoms with Crippen LogP contribution in [0.3, 0.4) is 0 Å². The number of hydrogen-bond acceptors (Lipinski definition) is 6. The van der Waals surface area contributed by atoms with Crippen molar-refractivity contribution >= 4 is 17.2 Å². The summed E-state index contributed by atoms with van der Waals surface area (Å²) in [6.45, 7) is 3.93. The summed E-state index contributed by atoms with van der Waals surface area (Å²) in [7, 11) is 4.87. The maximum absolute atomic E-state index is 12.4. The van der Waals surface area contributed by atoms with E-state index in [1.54, 1.807) is 32.7 Å². The lowest BCUT2D eigenvalue weighted by molar-refractivity contribution is -0.132. The molecule has 27 heavy (non-hydrogen) atoms. The molecule has 0 radical (unpaired) electrons. The molecule has 1 saturated heterocycles. The van der Waals surface area contributed by atoms with E-state index in [2.05, 4.69) is 4.90 Å². The number of benzene rings is 1. The number of piperazine rings is 1. The maximum Gasteiger partial charge on any atom is 0.227 e. The fraction of sp³-hybridized carbons (Fsp3) is 0.450. The third-order valence-electron chi connectivity index (χ3n) is 4.81. The van der Waals surface area contributed by atoms with E-state index in [0.29, 0.717) is 23.7 Å². The molecule has 1 aliphatic heterocycles. The zero-order valence-electron chi connectivity index (χ0n) is 16.1. The van der Waals surface area contributed by atoms with E-state index in [1.165, 1.54) is 0 Å². The van der Waals surface area contributed by atoms with Crippen molar-refractivity contribution in [2.45, 2.75) is 13.0 Å². The highest BCUT2D eigenvalue weighted by atomic mass is 32.1. The number of methoxy groups -OCH3 is 3. The van der Waals surface area contributed by atoms with Crippen LogP contribution >= 0.6 is 11.3 Å². The molecule has 1 amide bonds. The predicted octanol–water partition coefficient (Wildman–Crippen LogP) is 2.66. The minimum Gasteiger partial charge on any atom is -0.493 e. The molecule has 1 fully saturated rings. The van der Waals surface area contributed by atoms with Crippen molar-refractivity contribution < 1.29 is 19.0 Å². The van der Waals surface area contributed by atoms with Crippen molar-refractivity contribution in [1.29, 1.82) is 0 Å². The van der Waals surface area contributed by atoms with Gasteiger partial charge in [0.2, 0.25) is 11.7 Å². The first-order chi connectivity index (χ1) is 13.2. The van der Waals surface area contributed by atoms with Gasteiger partial charge in [0.05, 0.1) is 27.8 Å². The van der Waals surface area contributed by atoms with E-state index in [1.807, 2.05) is 34.5 Å². The van der Waals surface area contributed by atoms with Gasteiger partial charge in [0.25, 0.3) is 0 Å². The fourth-order valence-corrected chi connectivity index (χ4v) is 4.05. The highest BCUT2D eigenvalue weighted by Gasteiger charge is 2.23. The lowest BCUT2D eigenvalue weighted by Gasteiger charge is -2.35. The summed E-state index contributed by atoms with van der Waals surface area (Å²) in [5.41, 5.74) is 1.05. The second kappa shape index (κ2) is 9.10. The van der Waals surface area contributed by atoms with Gasteiger partial charge in [-0.15, -0.1) is 11.3 Å². The van der Waals surface area contributed by atoms with Gasteiger partial charge < -0.3 is 19.1 Å². The molecular weight excluding hydrogens is 364 g/mol. The number of carbonyl (C=O) groups excluding carboxylic acids is 1. The summed E-state index contributed by atoms with van der Waals surface area (Å²) >= 11 is 1.63. The van der Waals surface area contributed by atoms with Crippen molar-refractivity contribution in [2.24, 2.45) is 0 Å². The Morgan fingerprint density at radius 2 is 1.74 bits per heavy atom. The molecule has 1 aliphatic rings. The third kappa shape index (κ3) is 4.54. The summed E-state index contributed by atoms with van der Waals surface area (Å²) in [5.74, 6) is 2.18. The number of hydrogen-bond donors (Lipinski definition) is 0. The van der Waals surface area contributed by atoms with Gasteiger partial charge in [0.15, 0.2) is 11.5 Å². The van der Waals surface area contributed by atoms with Crippen molar-refractivity contribution in [3.8, 4) is 17.2 Å². The summed E-state index contributed by atoms with van der Waals surface area (Å²) in [4.78, 5) is 17.9. The monoisotopic (exact) mass is 390 g/mol. The van der Waals surface area contributed by atoms with Crippen LogP contribution in [0.25, 0.3) is 0 Å². The Kier molecular flexibility index (Phi) is 6.58. The van der Waals surface area contributed by atoms with Gasteiger partial charge in [-0.1, -0.05) is 12.1 Å². The standard InChI is InChI=1S/C20H26N2O4S/c1-24-17-7-6-15(19(25-2)20(17)26-3)14-21-8-10-22(11-9-21)18(23)13-16-5-4-12-27-16/h4-7,12H,8-11,13-14H2,1-3H3. The average molecular weight is 391 g/mol. The predicted molar refractivity (Wildman–Crippen MR) is 106 cm³/mol. The Bertz CT molecular complexity index is 756. The lowest BCUT2D eigenvalue weighted by Crippen LogP contribution is -2.48. The molecule has 0 spiro atoms. The SMILES string of the molecule is COc1ccc(CN2CCN(C(=O)Cc3cccs3)CC2)c(OC)c1OC. The first-order valence-electron chi connectivity index (χ1n) is 8.96. The summed E-state index contributed by atoms with van der Waals surface area (Å²) < 4.78 is 16.4. The minimum atomic E-state index is 0.209. The van der Waals surface area contributed by atoms with Crippen LogP contribution in [0, 0.1) is 0 Å². The number of ether oxygens (including phenoxy) is 3. The molecule has 3 rings (SSSR count). The molecule has 2 aromatic rings. The average Bonchev–Trinajstić information content (AvgIpc) is 3.21. The van der Waals surface area contributed by atoms with Gasteiger partial charge in [-0.05, 0) is 17.5 Å². The largest absolute Gasteiger partial charge is 0.493 e. The normalized spacial score (nSPS) is 14.9. The van der Waals surface area contributed by atoms with E-state index in [4.69, 9.17) is 14.2 Å². The Hall–Kier alpha value is -2.25. The molecule has 0 atom stereocenters. The second-order valence-corrected chi connectivity index (χ2v) is 7.44. The molecule has 0 unspecified atom stereocenters. The van der Waals surface area contributed by atoms with Crippen LogP contribution < -0.4 is 14.2 Å². The van der Waals surface area contributed by atoms with Crippen LogP contribution in [0.1, 0.15) is 10.4 Å². The van der Waals surface area contributed by atoms with Crippen molar-refractivity contribution in [1.82, 2.24) is 9.80 Å². The Morgan fingerprint density at radius 3 is 2.33 bits per heavy atom. The van der Waals surface area contributed by atoms with Gasteiger partial charge in [-0.3, -0.25) is 9.69 Å². The van der Waals surface area contributed by atoms with Crippen LogP contribution in [-0.2, 0) is 17.8 Å². The quantitative estimate of drug-likeness (QED) is 0.728. The molecule has 1 aromatic heterocycles. The van der Waals surface area contributed by atoms with Crippen LogP contribution in [0.4, 0.5) is 0 Å². The Morgan fingerprint density at radius 1 is 1.00 bits per heavy atom. The van der Waals surface area contributed by atoms with E-state index in [0.717, 1.165) is 43.2 Å². The molecule has 0 aliphatic carbocycles. The molecule has 2 heterocycles. The van der Waals surface area contributed by atoms with Crippen molar-refractivity contribution in [2.75, 3.05) is 47.5 Å². The third-order valence-corrected chi connectivity index (χ3v) is 5.69. The number of amides is 1. The summed E-state index contributed by atoms with van der Waals surface area (Å²) in [5, 5.41) is 2.01. The number of rotatable bonds is 7. The van der Waals surface area contributed by atoms with Gasteiger partial charge in [0.1, 0.15) is 0 Å². The van der Waals surface area contributed by atoms with E-state index >= 15 is 0 Å². The van der Waals surface area contributed by atoms with Gasteiger partial charge >= 0.3 is 0 Å². The first kappa shape index (κ1) is 19.5. The minimum absolute atomic E-state index is 0.209. The molecule has 7 heteroatoms. The van der Waals surface area contributed by atoms with Gasteiger partial charge in [-0.2, -0.15) is 0 Å². The lowest BCUT2D eigenvalue weighted by atomic mass is 10.1. The second-order valence-electron chi connectivity index (χ2n) is 6.41. The Balaban J connectivity index is 1.60. The zero-order chi connectivity index (χ0) is 19.2. The fourth-order valence-electron chi connectivity index (χ4n) is 3.36. The van der Waals surface area contributed by atoms with E-state index in [9.17, 15) is 4.79 Å². The van der Waals surface area contributed by atoms with E-state index < -0.39 is 0 Å². The molecule has 1 aromatic carbocycles. The molecular formula is C20H26N2O4S. The number of carbonyl (C=O) groups is 1. The molecule has 0 bridgehead atoms. The van der Waals surface area contributed by atoms with Gasteiger partial charge in [-0.25, -0.2) is 0 Å². The topological polar surface area (TPSA) is 51.2 Å². The summed E-state index contributed by atoms with van der Waals surface area (Å²) in [6, 6.07) is 7.91. The molecule has 0 N–H and O–H groups in total. The smallest absolute Gasteiger partial charge is 0.227 e. The van der Waals surface area contributed by atoms with Gasteiger partial charge in [0, 0.05) is 43.2 Å². The highest BCUT2D eigenvalue weighted by molar-refractivity contribution is 7.10. The van der Waals surface area contributed by atoms with Crippen LogP contribution in [0.15, 0.2) is 29.6 Å². The highest BCUT2D eigenvalue weighted by Crippen LogP contribution is 2.40. The maximum atomic E-state index is 12.4. The molecule has 146 valence electrons. The van der Waals surface area contributed by atoms with Crippen LogP contribution in [0.5, 0.6) is 17.2 Å². The van der Waals surface area contributed by atoms with Crippen molar-refractivity contribution in [3.05, 3.63) is 40.1 Å².